The van der Waals surface area contributed by atoms with Crippen molar-refractivity contribution in [1.82, 2.24) is 5.32 Å². The highest BCUT2D eigenvalue weighted by Gasteiger charge is 2.49. The zero-order valence-corrected chi connectivity index (χ0v) is 15.4. The number of nitrogens with one attached hydrogen (secondary N) is 1. The molecule has 1 fully saturated rings. The number of carbonyl (C=O) groups is 1. The predicted molar refractivity (Wildman–Crippen MR) is 93.6 cm³/mol. The molecule has 1 aromatic heterocycles. The van der Waals surface area contributed by atoms with Gasteiger partial charge >= 0.3 is 17.7 Å². The monoisotopic (exact) mass is 433 g/mol. The molecule has 3 rings (SSSR count). The summed E-state index contributed by atoms with van der Waals surface area (Å²) in [4.78, 5) is 22.9. The molecule has 12 heteroatoms. The molecule has 0 aliphatic carbocycles. The van der Waals surface area contributed by atoms with Crippen molar-refractivity contribution in [3.8, 4) is 5.75 Å². The number of aryl methyl sites for hydroxylation is 1. The maximum Gasteiger partial charge on any atom is 0.471 e. The van der Waals surface area contributed by atoms with Gasteiger partial charge in [-0.25, -0.2) is 4.79 Å². The van der Waals surface area contributed by atoms with E-state index in [0.29, 0.717) is 10.9 Å². The van der Waals surface area contributed by atoms with Crippen molar-refractivity contribution in [2.45, 2.75) is 43.7 Å². The Bertz CT molecular complexity index is 992. The number of hydrogen-bond donors (Lipinski definition) is 4. The van der Waals surface area contributed by atoms with Gasteiger partial charge in [0.15, 0.2) is 0 Å². The first kappa shape index (κ1) is 22.0. The van der Waals surface area contributed by atoms with Crippen molar-refractivity contribution in [1.29, 1.82) is 0 Å². The number of ether oxygens (including phenoxy) is 2. The van der Waals surface area contributed by atoms with Crippen molar-refractivity contribution >= 4 is 16.9 Å². The molecule has 2 aromatic rings. The number of carbonyl (C=O) groups excluding carboxylic acids is 1. The lowest BCUT2D eigenvalue weighted by molar-refractivity contribution is -0.247. The van der Waals surface area contributed by atoms with Gasteiger partial charge in [0.05, 0.1) is 6.61 Å². The molecule has 4 N–H and O–H groups in total. The average molecular weight is 433 g/mol. The lowest BCUT2D eigenvalue weighted by Crippen LogP contribution is -2.66. The summed E-state index contributed by atoms with van der Waals surface area (Å²) in [6, 6.07) is 3.67. The fourth-order valence-electron chi connectivity index (χ4n) is 3.08. The van der Waals surface area contributed by atoms with Crippen molar-refractivity contribution in [3.63, 3.8) is 0 Å². The Kier molecular flexibility index (Phi) is 6.04. The molecule has 164 valence electrons. The second-order valence-electron chi connectivity index (χ2n) is 6.73. The largest absolute Gasteiger partial charge is 0.471 e. The molecule has 9 nitrogen and oxygen atoms in total. The summed E-state index contributed by atoms with van der Waals surface area (Å²) in [7, 11) is 0. The van der Waals surface area contributed by atoms with E-state index in [9.17, 15) is 38.1 Å². The molecule has 5 atom stereocenters. The number of amides is 1. The second kappa shape index (κ2) is 8.22. The molecule has 0 unspecified atom stereocenters. The van der Waals surface area contributed by atoms with Crippen molar-refractivity contribution in [3.05, 3.63) is 40.2 Å². The minimum Gasteiger partial charge on any atom is -0.462 e. The van der Waals surface area contributed by atoms with Gasteiger partial charge in [0, 0.05) is 17.5 Å². The van der Waals surface area contributed by atoms with Gasteiger partial charge in [0.1, 0.15) is 35.7 Å². The Hall–Kier alpha value is -2.67. The minimum atomic E-state index is -5.26. The Morgan fingerprint density at radius 2 is 1.93 bits per heavy atom. The van der Waals surface area contributed by atoms with E-state index in [1.54, 1.807) is 6.92 Å². The maximum absolute atomic E-state index is 12.7. The lowest BCUT2D eigenvalue weighted by Gasteiger charge is -2.42. The van der Waals surface area contributed by atoms with Crippen molar-refractivity contribution in [2.24, 2.45) is 0 Å². The molecule has 1 aliphatic rings. The third-order valence-corrected chi connectivity index (χ3v) is 4.61. The van der Waals surface area contributed by atoms with Gasteiger partial charge < -0.3 is 34.5 Å². The summed E-state index contributed by atoms with van der Waals surface area (Å²) in [5.74, 6) is -2.40. The molecule has 0 bridgehead atoms. The quantitative estimate of drug-likeness (QED) is 0.493. The Balaban J connectivity index is 1.92. The Labute approximate surface area is 166 Å². The van der Waals surface area contributed by atoms with Gasteiger partial charge in [-0.2, -0.15) is 13.2 Å². The number of fused-ring (bicyclic) bond motifs is 1. The summed E-state index contributed by atoms with van der Waals surface area (Å²) in [6.45, 7) is 0.903. The number of benzene rings is 1. The normalized spacial score (nSPS) is 27.1. The van der Waals surface area contributed by atoms with Gasteiger partial charge in [-0.05, 0) is 24.6 Å². The molecule has 1 saturated heterocycles. The number of halogens is 3. The first-order valence-electron chi connectivity index (χ1n) is 8.72. The van der Waals surface area contributed by atoms with Crippen LogP contribution in [-0.4, -0.2) is 64.7 Å². The van der Waals surface area contributed by atoms with Crippen LogP contribution in [0.3, 0.4) is 0 Å². The van der Waals surface area contributed by atoms with E-state index >= 15 is 0 Å². The van der Waals surface area contributed by atoms with Crippen molar-refractivity contribution < 1.29 is 47.2 Å². The van der Waals surface area contributed by atoms with E-state index in [1.807, 2.05) is 0 Å². The first-order valence-corrected chi connectivity index (χ1v) is 8.72. The van der Waals surface area contributed by atoms with Gasteiger partial charge in [0.2, 0.25) is 6.29 Å². The maximum atomic E-state index is 12.7. The van der Waals surface area contributed by atoms with Crippen molar-refractivity contribution in [2.75, 3.05) is 6.61 Å². The summed E-state index contributed by atoms with van der Waals surface area (Å²) in [5, 5.41) is 31.5. The smallest absolute Gasteiger partial charge is 0.462 e. The van der Waals surface area contributed by atoms with Crippen LogP contribution in [0.1, 0.15) is 5.56 Å². The lowest BCUT2D eigenvalue weighted by atomic mass is 9.97. The highest BCUT2D eigenvalue weighted by molar-refractivity contribution is 5.82. The van der Waals surface area contributed by atoms with Crippen LogP contribution in [0.2, 0.25) is 0 Å². The van der Waals surface area contributed by atoms with E-state index < -0.39 is 55.0 Å². The zero-order valence-electron chi connectivity index (χ0n) is 15.4. The molecular formula is C18H18F3NO8. The Morgan fingerprint density at radius 3 is 2.57 bits per heavy atom. The highest BCUT2D eigenvalue weighted by atomic mass is 19.4. The number of aliphatic hydroxyl groups is 3. The number of rotatable bonds is 4. The van der Waals surface area contributed by atoms with Crippen LogP contribution in [0.25, 0.3) is 11.0 Å². The molecule has 0 spiro atoms. The molecule has 30 heavy (non-hydrogen) atoms. The second-order valence-corrected chi connectivity index (χ2v) is 6.73. The average Bonchev–Trinajstić information content (AvgIpc) is 2.66. The highest BCUT2D eigenvalue weighted by Crippen LogP contribution is 2.28. The minimum absolute atomic E-state index is 0.0206. The van der Waals surface area contributed by atoms with Crippen LogP contribution in [0, 0.1) is 6.92 Å². The molecule has 1 aromatic carbocycles. The molecule has 1 amide bonds. The van der Waals surface area contributed by atoms with E-state index in [0.717, 1.165) is 0 Å². The standard InChI is InChI=1S/C18H18F3NO8/c1-7-4-12(24)29-10-5-8(2-3-9(7)10)28-16-13(22-17(27)18(19,20)21)15(26)14(25)11(6-23)30-16/h2-5,11,13-16,23,25-26H,6H2,1H3,(H,22,27)/t11-,13-,14-,15-,16-/m1/s1. The Morgan fingerprint density at radius 1 is 1.23 bits per heavy atom. The number of alkyl halides is 3. The van der Waals surface area contributed by atoms with Crippen LogP contribution in [0.5, 0.6) is 5.75 Å². The summed E-state index contributed by atoms with van der Waals surface area (Å²) in [5.41, 5.74) is 0.125. The van der Waals surface area contributed by atoms with E-state index in [-0.39, 0.29) is 11.3 Å². The summed E-state index contributed by atoms with van der Waals surface area (Å²) >= 11 is 0. The molecular weight excluding hydrogens is 415 g/mol. The van der Waals surface area contributed by atoms with Gasteiger partial charge in [0.25, 0.3) is 0 Å². The summed E-state index contributed by atoms with van der Waals surface area (Å²) < 4.78 is 53.8. The first-order chi connectivity index (χ1) is 14.0. The molecule has 0 saturated carbocycles. The third-order valence-electron chi connectivity index (χ3n) is 4.61. The van der Waals surface area contributed by atoms with Gasteiger partial charge in [-0.1, -0.05) is 0 Å². The molecule has 0 radical (unpaired) electrons. The molecule has 2 heterocycles. The van der Waals surface area contributed by atoms with E-state index in [1.165, 1.54) is 29.6 Å². The van der Waals surface area contributed by atoms with Crippen LogP contribution in [-0.2, 0) is 9.53 Å². The number of hydrogen-bond acceptors (Lipinski definition) is 8. The zero-order chi connectivity index (χ0) is 22.2. The molecule has 1 aliphatic heterocycles. The van der Waals surface area contributed by atoms with Crippen LogP contribution < -0.4 is 15.7 Å². The van der Waals surface area contributed by atoms with E-state index in [4.69, 9.17) is 13.9 Å². The third kappa shape index (κ3) is 4.41. The van der Waals surface area contributed by atoms with Gasteiger partial charge in [-0.3, -0.25) is 4.79 Å². The van der Waals surface area contributed by atoms with E-state index in [2.05, 4.69) is 0 Å². The fraction of sp³-hybridized carbons (Fsp3) is 0.444. The van der Waals surface area contributed by atoms with Gasteiger partial charge in [-0.15, -0.1) is 0 Å². The fourth-order valence-corrected chi connectivity index (χ4v) is 3.08. The van der Waals surface area contributed by atoms with Crippen LogP contribution in [0.15, 0.2) is 33.5 Å². The SMILES string of the molecule is Cc1cc(=O)oc2cc(O[C@@H]3O[C@H](CO)[C@@H](O)[C@H](O)[C@H]3NC(=O)C(F)(F)F)ccc12. The number of aliphatic hydroxyl groups excluding tert-OH is 3. The van der Waals surface area contributed by atoms with Crippen LogP contribution >= 0.6 is 0 Å². The predicted octanol–water partition coefficient (Wildman–Crippen LogP) is -0.0337. The topological polar surface area (TPSA) is 138 Å². The summed E-state index contributed by atoms with van der Waals surface area (Å²) in [6.07, 6.45) is -12.1. The van der Waals surface area contributed by atoms with Crippen LogP contribution in [0.4, 0.5) is 13.2 Å².